The SMILES string of the molecule is CCN(CC)S(=O)(=O)c1ccc(=O)n(CC(=O)Nc2ccc(S(=O)(=O)N3CCCC3)cc2)c1. The van der Waals surface area contributed by atoms with Crippen LogP contribution in [0.3, 0.4) is 0 Å². The summed E-state index contributed by atoms with van der Waals surface area (Å²) in [5.74, 6) is -0.551. The second-order valence-corrected chi connectivity index (χ2v) is 11.5. The van der Waals surface area contributed by atoms with Crippen LogP contribution in [0.15, 0.2) is 57.2 Å². The molecule has 1 aromatic carbocycles. The van der Waals surface area contributed by atoms with Gasteiger partial charge in [0.15, 0.2) is 0 Å². The molecule has 3 rings (SSSR count). The molecule has 180 valence electrons. The van der Waals surface area contributed by atoms with Crippen LogP contribution in [0.5, 0.6) is 0 Å². The molecule has 1 aliphatic rings. The van der Waals surface area contributed by atoms with E-state index < -0.39 is 38.1 Å². The highest BCUT2D eigenvalue weighted by Crippen LogP contribution is 2.22. The maximum absolute atomic E-state index is 12.7. The number of benzene rings is 1. The van der Waals surface area contributed by atoms with E-state index in [1.807, 2.05) is 0 Å². The summed E-state index contributed by atoms with van der Waals surface area (Å²) in [6.45, 7) is 4.59. The Hall–Kier alpha value is -2.54. The Kier molecular flexibility index (Phi) is 7.73. The summed E-state index contributed by atoms with van der Waals surface area (Å²) < 4.78 is 54.3. The maximum atomic E-state index is 12.7. The third-order valence-corrected chi connectivity index (χ3v) is 9.40. The minimum atomic E-state index is -3.78. The number of aromatic nitrogens is 1. The molecule has 1 N–H and O–H groups in total. The van der Waals surface area contributed by atoms with Gasteiger partial charge in [-0.3, -0.25) is 9.59 Å². The predicted molar refractivity (Wildman–Crippen MR) is 124 cm³/mol. The van der Waals surface area contributed by atoms with E-state index in [-0.39, 0.29) is 22.9 Å². The van der Waals surface area contributed by atoms with Gasteiger partial charge in [-0.15, -0.1) is 0 Å². The quantitative estimate of drug-likeness (QED) is 0.558. The van der Waals surface area contributed by atoms with E-state index >= 15 is 0 Å². The smallest absolute Gasteiger partial charge is 0.251 e. The number of nitrogens with zero attached hydrogens (tertiary/aromatic N) is 3. The van der Waals surface area contributed by atoms with Gasteiger partial charge in [-0.25, -0.2) is 16.8 Å². The van der Waals surface area contributed by atoms with Crippen LogP contribution in [0, 0.1) is 0 Å². The van der Waals surface area contributed by atoms with Crippen molar-refractivity contribution in [3.63, 3.8) is 0 Å². The highest BCUT2D eigenvalue weighted by atomic mass is 32.2. The van der Waals surface area contributed by atoms with E-state index in [4.69, 9.17) is 0 Å². The second-order valence-electron chi connectivity index (χ2n) is 7.60. The first-order valence-electron chi connectivity index (χ1n) is 10.7. The standard InChI is InChI=1S/C21H28N4O6S2/c1-3-24(4-2)33(30,31)19-11-12-21(27)23(15-19)16-20(26)22-17-7-9-18(10-8-17)32(28,29)25-13-5-6-14-25/h7-12,15H,3-6,13-14,16H2,1-2H3,(H,22,26). The maximum Gasteiger partial charge on any atom is 0.251 e. The molecule has 33 heavy (non-hydrogen) atoms. The molecule has 1 aromatic heterocycles. The normalized spacial score (nSPS) is 15.1. The number of nitrogens with one attached hydrogen (secondary N) is 1. The number of sulfonamides is 2. The molecule has 10 nitrogen and oxygen atoms in total. The topological polar surface area (TPSA) is 126 Å². The fourth-order valence-corrected chi connectivity index (χ4v) is 6.64. The van der Waals surface area contributed by atoms with Crippen molar-refractivity contribution in [2.75, 3.05) is 31.5 Å². The molecule has 0 radical (unpaired) electrons. The molecule has 0 spiro atoms. The highest BCUT2D eigenvalue weighted by Gasteiger charge is 2.27. The van der Waals surface area contributed by atoms with Crippen molar-refractivity contribution >= 4 is 31.6 Å². The van der Waals surface area contributed by atoms with Gasteiger partial charge >= 0.3 is 0 Å². The van der Waals surface area contributed by atoms with Crippen LogP contribution in [0.4, 0.5) is 5.69 Å². The minimum Gasteiger partial charge on any atom is -0.325 e. The first kappa shape index (κ1) is 25.1. The van der Waals surface area contributed by atoms with Crippen molar-refractivity contribution in [1.82, 2.24) is 13.2 Å². The average Bonchev–Trinajstić information content (AvgIpc) is 3.32. The lowest BCUT2D eigenvalue weighted by Gasteiger charge is -2.19. The Morgan fingerprint density at radius 2 is 1.52 bits per heavy atom. The summed E-state index contributed by atoms with van der Waals surface area (Å²) >= 11 is 0. The number of rotatable bonds is 9. The summed E-state index contributed by atoms with van der Waals surface area (Å²) in [6, 6.07) is 8.14. The summed E-state index contributed by atoms with van der Waals surface area (Å²) in [5.41, 5.74) is -0.156. The van der Waals surface area contributed by atoms with Crippen molar-refractivity contribution in [1.29, 1.82) is 0 Å². The van der Waals surface area contributed by atoms with Gasteiger partial charge in [0.25, 0.3) is 5.56 Å². The van der Waals surface area contributed by atoms with Crippen molar-refractivity contribution < 1.29 is 21.6 Å². The van der Waals surface area contributed by atoms with Crippen molar-refractivity contribution in [2.45, 2.75) is 43.0 Å². The van der Waals surface area contributed by atoms with Crippen LogP contribution < -0.4 is 10.9 Å². The summed E-state index contributed by atoms with van der Waals surface area (Å²) in [6.07, 6.45) is 2.83. The van der Waals surface area contributed by atoms with E-state index in [1.165, 1.54) is 38.9 Å². The molecule has 0 aliphatic carbocycles. The molecule has 0 atom stereocenters. The molecular formula is C21H28N4O6S2. The first-order chi connectivity index (χ1) is 15.6. The van der Waals surface area contributed by atoms with E-state index in [9.17, 15) is 26.4 Å². The van der Waals surface area contributed by atoms with Crippen LogP contribution >= 0.6 is 0 Å². The number of anilines is 1. The average molecular weight is 497 g/mol. The molecule has 1 saturated heterocycles. The van der Waals surface area contributed by atoms with Crippen LogP contribution in [0.2, 0.25) is 0 Å². The van der Waals surface area contributed by atoms with Crippen LogP contribution in [-0.4, -0.2) is 62.1 Å². The van der Waals surface area contributed by atoms with Gasteiger partial charge in [0, 0.05) is 44.1 Å². The molecule has 2 heterocycles. The molecule has 0 unspecified atom stereocenters. The zero-order valence-corrected chi connectivity index (χ0v) is 20.2. The van der Waals surface area contributed by atoms with E-state index in [1.54, 1.807) is 13.8 Å². The lowest BCUT2D eigenvalue weighted by Crippen LogP contribution is -2.33. The molecule has 12 heteroatoms. The van der Waals surface area contributed by atoms with Gasteiger partial charge in [-0.2, -0.15) is 8.61 Å². The molecule has 1 fully saturated rings. The molecule has 1 amide bonds. The molecule has 0 saturated carbocycles. The number of hydrogen-bond acceptors (Lipinski definition) is 6. The monoisotopic (exact) mass is 496 g/mol. The summed E-state index contributed by atoms with van der Waals surface area (Å²) in [7, 11) is -7.33. The third-order valence-electron chi connectivity index (χ3n) is 5.45. The van der Waals surface area contributed by atoms with Crippen molar-refractivity contribution in [2.24, 2.45) is 0 Å². The highest BCUT2D eigenvalue weighted by molar-refractivity contribution is 7.89. The first-order valence-corrected chi connectivity index (χ1v) is 13.6. The Morgan fingerprint density at radius 3 is 2.09 bits per heavy atom. The lowest BCUT2D eigenvalue weighted by atomic mass is 10.3. The van der Waals surface area contributed by atoms with Gasteiger partial charge in [0.2, 0.25) is 26.0 Å². The predicted octanol–water partition coefficient (Wildman–Crippen LogP) is 1.30. The van der Waals surface area contributed by atoms with E-state index in [0.29, 0.717) is 18.8 Å². The van der Waals surface area contributed by atoms with Gasteiger partial charge < -0.3 is 9.88 Å². The fourth-order valence-electron chi connectivity index (χ4n) is 3.64. The number of carbonyl (C=O) groups is 1. The van der Waals surface area contributed by atoms with Crippen LogP contribution in [-0.2, 0) is 31.4 Å². The molecular weight excluding hydrogens is 468 g/mol. The number of carbonyl (C=O) groups excluding carboxylic acids is 1. The zero-order chi connectivity index (χ0) is 24.2. The molecule has 1 aliphatic heterocycles. The van der Waals surface area contributed by atoms with Gasteiger partial charge in [-0.1, -0.05) is 13.8 Å². The van der Waals surface area contributed by atoms with Crippen molar-refractivity contribution in [3.05, 3.63) is 52.9 Å². The zero-order valence-electron chi connectivity index (χ0n) is 18.6. The van der Waals surface area contributed by atoms with Gasteiger partial charge in [0.1, 0.15) is 6.54 Å². The van der Waals surface area contributed by atoms with E-state index in [0.717, 1.165) is 29.7 Å². The Labute approximate surface area is 193 Å². The van der Waals surface area contributed by atoms with Gasteiger partial charge in [-0.05, 0) is 43.2 Å². The Balaban J connectivity index is 1.73. The van der Waals surface area contributed by atoms with E-state index in [2.05, 4.69) is 5.32 Å². The van der Waals surface area contributed by atoms with Crippen molar-refractivity contribution in [3.8, 4) is 0 Å². The largest absolute Gasteiger partial charge is 0.325 e. The Morgan fingerprint density at radius 1 is 0.939 bits per heavy atom. The van der Waals surface area contributed by atoms with Gasteiger partial charge in [0.05, 0.1) is 9.79 Å². The van der Waals surface area contributed by atoms with Crippen LogP contribution in [0.1, 0.15) is 26.7 Å². The number of pyridine rings is 1. The third kappa shape index (κ3) is 5.52. The summed E-state index contributed by atoms with van der Waals surface area (Å²) in [5, 5.41) is 2.60. The van der Waals surface area contributed by atoms with Crippen LogP contribution in [0.25, 0.3) is 0 Å². The fraction of sp³-hybridized carbons (Fsp3) is 0.429. The minimum absolute atomic E-state index is 0.0740. The molecule has 0 bridgehead atoms. The number of amides is 1. The molecule has 2 aromatic rings. The number of hydrogen-bond donors (Lipinski definition) is 1. The Bertz CT molecular complexity index is 1260. The lowest BCUT2D eigenvalue weighted by molar-refractivity contribution is -0.116. The second kappa shape index (κ2) is 10.2. The summed E-state index contributed by atoms with van der Waals surface area (Å²) in [4.78, 5) is 24.7.